The van der Waals surface area contributed by atoms with Crippen LogP contribution in [0.3, 0.4) is 0 Å². The molecule has 0 aliphatic rings. The number of aliphatic carboxylic acids is 1. The molecule has 0 heterocycles. The van der Waals surface area contributed by atoms with Crippen molar-refractivity contribution in [2.75, 3.05) is 19.6 Å². The predicted molar refractivity (Wildman–Crippen MR) is 127 cm³/mol. The molecule has 1 aromatic carbocycles. The van der Waals surface area contributed by atoms with E-state index in [1.54, 1.807) is 0 Å². The van der Waals surface area contributed by atoms with Gasteiger partial charge < -0.3 is 32.5 Å². The van der Waals surface area contributed by atoms with Crippen LogP contribution in [0.4, 0.5) is 13.2 Å². The summed E-state index contributed by atoms with van der Waals surface area (Å²) in [5.74, 6) is -3.37. The highest BCUT2D eigenvalue weighted by Gasteiger charge is 2.38. The first-order chi connectivity index (χ1) is 16.8. The average molecular weight is 519 g/mol. The molecule has 36 heavy (non-hydrogen) atoms. The minimum atomic E-state index is -5.08. The summed E-state index contributed by atoms with van der Waals surface area (Å²) in [5.41, 5.74) is 11.7. The van der Waals surface area contributed by atoms with E-state index < -0.39 is 18.2 Å². The van der Waals surface area contributed by atoms with Crippen LogP contribution in [0.2, 0.25) is 0 Å². The Hall–Kier alpha value is -3.84. The van der Waals surface area contributed by atoms with Crippen molar-refractivity contribution < 1.29 is 37.5 Å². The second kappa shape index (κ2) is 17.6. The Morgan fingerprint density at radius 1 is 1.03 bits per heavy atom. The van der Waals surface area contributed by atoms with Gasteiger partial charge in [0.25, 0.3) is 0 Å². The number of carboxylic acid groups (broad SMARTS) is 1. The van der Waals surface area contributed by atoms with E-state index in [-0.39, 0.29) is 30.1 Å². The third-order valence-corrected chi connectivity index (χ3v) is 4.35. The van der Waals surface area contributed by atoms with E-state index in [2.05, 4.69) is 20.9 Å². The Morgan fingerprint density at radius 3 is 2.17 bits per heavy atom. The van der Waals surface area contributed by atoms with Gasteiger partial charge in [-0.25, -0.2) is 4.79 Å². The van der Waals surface area contributed by atoms with Gasteiger partial charge in [-0.15, -0.1) is 0 Å². The summed E-state index contributed by atoms with van der Waals surface area (Å²) in [6.45, 7) is 2.70. The molecule has 0 bridgehead atoms. The lowest BCUT2D eigenvalue weighted by Crippen LogP contribution is -2.47. The summed E-state index contributed by atoms with van der Waals surface area (Å²) in [5, 5.41) is 15.4. The van der Waals surface area contributed by atoms with Gasteiger partial charge in [-0.05, 0) is 31.2 Å². The number of halogens is 3. The number of carbonyl (C=O) groups is 4. The third-order valence-electron chi connectivity index (χ3n) is 4.35. The molecule has 1 aromatic rings. The van der Waals surface area contributed by atoms with Gasteiger partial charge in [-0.3, -0.25) is 19.4 Å². The molecule has 8 N–H and O–H groups in total. The SMILES string of the molecule is CC(=O)NCCCC(=O)N[C@@H](CCCN=C(N)N)C(=O)NCCc1ccccc1.O=C(O)C(F)(F)F. The van der Waals surface area contributed by atoms with Crippen molar-refractivity contribution in [2.24, 2.45) is 16.5 Å². The fourth-order valence-electron chi connectivity index (χ4n) is 2.65. The number of amides is 3. The Bertz CT molecular complexity index is 861. The average Bonchev–Trinajstić information content (AvgIpc) is 2.79. The van der Waals surface area contributed by atoms with Crippen LogP contribution in [0.1, 0.15) is 38.2 Å². The Morgan fingerprint density at radius 2 is 1.64 bits per heavy atom. The van der Waals surface area contributed by atoms with Crippen molar-refractivity contribution in [1.82, 2.24) is 16.0 Å². The van der Waals surface area contributed by atoms with Crippen molar-refractivity contribution in [3.05, 3.63) is 35.9 Å². The van der Waals surface area contributed by atoms with E-state index >= 15 is 0 Å². The summed E-state index contributed by atoms with van der Waals surface area (Å²) < 4.78 is 31.7. The van der Waals surface area contributed by atoms with Crippen LogP contribution >= 0.6 is 0 Å². The molecule has 11 nitrogen and oxygen atoms in total. The Balaban J connectivity index is 0.00000152. The first kappa shape index (κ1) is 32.2. The molecule has 0 saturated heterocycles. The van der Waals surface area contributed by atoms with Crippen molar-refractivity contribution in [3.63, 3.8) is 0 Å². The molecule has 0 saturated carbocycles. The quantitative estimate of drug-likeness (QED) is 0.124. The van der Waals surface area contributed by atoms with Gasteiger partial charge in [0.2, 0.25) is 17.7 Å². The van der Waals surface area contributed by atoms with E-state index in [1.165, 1.54) is 6.92 Å². The first-order valence-electron chi connectivity index (χ1n) is 11.0. The van der Waals surface area contributed by atoms with Crippen molar-refractivity contribution in [3.8, 4) is 0 Å². The number of benzene rings is 1. The molecule has 0 fully saturated rings. The molecule has 1 atom stereocenters. The normalized spacial score (nSPS) is 11.2. The highest BCUT2D eigenvalue weighted by Crippen LogP contribution is 2.13. The number of carboxylic acids is 1. The largest absolute Gasteiger partial charge is 0.490 e. The van der Waals surface area contributed by atoms with Crippen LogP contribution < -0.4 is 27.4 Å². The fourth-order valence-corrected chi connectivity index (χ4v) is 2.65. The maximum absolute atomic E-state index is 12.5. The molecule has 0 unspecified atom stereocenters. The van der Waals surface area contributed by atoms with Crippen LogP contribution in [0, 0.1) is 0 Å². The molecular formula is C22H33F3N6O5. The van der Waals surface area contributed by atoms with E-state index in [9.17, 15) is 27.6 Å². The van der Waals surface area contributed by atoms with Crippen LogP contribution in [-0.2, 0) is 25.6 Å². The van der Waals surface area contributed by atoms with E-state index in [1.807, 2.05) is 30.3 Å². The number of hydrogen-bond acceptors (Lipinski definition) is 5. The van der Waals surface area contributed by atoms with Gasteiger partial charge in [0, 0.05) is 33.0 Å². The second-order valence-corrected chi connectivity index (χ2v) is 7.48. The van der Waals surface area contributed by atoms with Crippen LogP contribution in [0.5, 0.6) is 0 Å². The van der Waals surface area contributed by atoms with Gasteiger partial charge >= 0.3 is 12.1 Å². The van der Waals surface area contributed by atoms with E-state index in [0.717, 1.165) is 5.56 Å². The number of alkyl halides is 3. The molecule has 0 aromatic heterocycles. The summed E-state index contributed by atoms with van der Waals surface area (Å²) in [4.78, 5) is 48.4. The molecule has 0 aliphatic heterocycles. The zero-order valence-electron chi connectivity index (χ0n) is 19.9. The van der Waals surface area contributed by atoms with E-state index in [4.69, 9.17) is 21.4 Å². The van der Waals surface area contributed by atoms with Gasteiger partial charge in [0.15, 0.2) is 5.96 Å². The topological polar surface area (TPSA) is 189 Å². The van der Waals surface area contributed by atoms with Gasteiger partial charge in [-0.1, -0.05) is 30.3 Å². The highest BCUT2D eigenvalue weighted by molar-refractivity contribution is 5.87. The molecular weight excluding hydrogens is 485 g/mol. The summed E-state index contributed by atoms with van der Waals surface area (Å²) in [6, 6.07) is 9.17. The molecule has 0 radical (unpaired) electrons. The number of nitrogens with one attached hydrogen (secondary N) is 3. The third kappa shape index (κ3) is 17.6. The van der Waals surface area contributed by atoms with Crippen LogP contribution in [0.15, 0.2) is 35.3 Å². The lowest BCUT2D eigenvalue weighted by Gasteiger charge is -2.18. The second-order valence-electron chi connectivity index (χ2n) is 7.48. The predicted octanol–water partition coefficient (Wildman–Crippen LogP) is 0.433. The van der Waals surface area contributed by atoms with Crippen molar-refractivity contribution in [2.45, 2.75) is 51.2 Å². The minimum absolute atomic E-state index is 0.00382. The number of carbonyl (C=O) groups excluding carboxylic acids is 3. The number of aliphatic imine (C=N–C) groups is 1. The van der Waals surface area contributed by atoms with Crippen LogP contribution in [-0.4, -0.2) is 66.6 Å². The number of guanidine groups is 1. The van der Waals surface area contributed by atoms with Crippen LogP contribution in [0.25, 0.3) is 0 Å². The summed E-state index contributed by atoms with van der Waals surface area (Å²) in [6.07, 6.45) is -2.67. The highest BCUT2D eigenvalue weighted by atomic mass is 19.4. The standard InChI is InChI=1S/C20H32N6O3.C2HF3O2/c1-15(27)23-12-6-10-18(28)26-17(9-5-13-25-20(21)22)19(29)24-14-11-16-7-3-2-4-8-16;3-2(4,5)1(6)7/h2-4,7-8,17H,5-6,9-14H2,1H3,(H,23,27)(H,24,29)(H,26,28)(H4,21,22,25);(H,6,7)/t17-;/m0./s1. The van der Waals surface area contributed by atoms with Gasteiger partial charge in [0.05, 0.1) is 0 Å². The van der Waals surface area contributed by atoms with E-state index in [0.29, 0.717) is 45.3 Å². The zero-order chi connectivity index (χ0) is 27.6. The molecule has 202 valence electrons. The smallest absolute Gasteiger partial charge is 0.475 e. The summed E-state index contributed by atoms with van der Waals surface area (Å²) in [7, 11) is 0. The fraction of sp³-hybridized carbons (Fsp3) is 0.500. The molecule has 1 rings (SSSR count). The van der Waals surface area contributed by atoms with Gasteiger partial charge in [-0.2, -0.15) is 13.2 Å². The summed E-state index contributed by atoms with van der Waals surface area (Å²) >= 11 is 0. The molecule has 0 aliphatic carbocycles. The molecule has 14 heteroatoms. The lowest BCUT2D eigenvalue weighted by molar-refractivity contribution is -0.192. The van der Waals surface area contributed by atoms with Gasteiger partial charge in [0.1, 0.15) is 6.04 Å². The number of hydrogen-bond donors (Lipinski definition) is 6. The number of nitrogens with zero attached hydrogens (tertiary/aromatic N) is 1. The molecule has 3 amide bonds. The molecule has 0 spiro atoms. The minimum Gasteiger partial charge on any atom is -0.475 e. The zero-order valence-corrected chi connectivity index (χ0v) is 19.9. The van der Waals surface area contributed by atoms with Crippen molar-refractivity contribution in [1.29, 1.82) is 0 Å². The lowest BCUT2D eigenvalue weighted by atomic mass is 10.1. The monoisotopic (exact) mass is 518 g/mol. The maximum Gasteiger partial charge on any atom is 0.490 e. The Kier molecular flexibility index (Phi) is 15.7. The Labute approximate surface area is 206 Å². The maximum atomic E-state index is 12.5. The number of nitrogens with two attached hydrogens (primary N) is 2. The first-order valence-corrected chi connectivity index (χ1v) is 11.0. The number of rotatable bonds is 13. The van der Waals surface area contributed by atoms with Crippen molar-refractivity contribution >= 4 is 29.7 Å².